The first-order valence-electron chi connectivity index (χ1n) is 10.7. The Morgan fingerprint density at radius 2 is 1.80 bits per heavy atom. The van der Waals surface area contributed by atoms with Gasteiger partial charge in [-0.25, -0.2) is 4.79 Å². The molecular formula is C20H24F4O10S. The highest BCUT2D eigenvalue weighted by Gasteiger charge is 2.69. The maximum Gasteiger partial charge on any atom is 0.431 e. The van der Waals surface area contributed by atoms with Crippen LogP contribution in [0, 0.1) is 17.8 Å². The van der Waals surface area contributed by atoms with Gasteiger partial charge in [-0.15, -0.1) is 0 Å². The Morgan fingerprint density at radius 3 is 2.40 bits per heavy atom. The van der Waals surface area contributed by atoms with E-state index >= 15 is 0 Å². The number of fused-ring (bicyclic) bond motifs is 1. The van der Waals surface area contributed by atoms with E-state index in [0.717, 1.165) is 0 Å². The molecule has 0 spiro atoms. The molecule has 3 aliphatic rings. The number of hydrogen-bond acceptors (Lipinski definition) is 9. The number of unbranched alkanes of at least 4 members (excludes halogenated alkanes) is 1. The molecule has 1 aliphatic heterocycles. The van der Waals surface area contributed by atoms with Crippen molar-refractivity contribution in [3.05, 3.63) is 12.2 Å². The summed E-state index contributed by atoms with van der Waals surface area (Å²) in [6, 6.07) is 0. The van der Waals surface area contributed by atoms with E-state index in [9.17, 15) is 40.4 Å². The van der Waals surface area contributed by atoms with E-state index in [0.29, 0.717) is 6.42 Å². The van der Waals surface area contributed by atoms with Crippen molar-refractivity contribution in [2.45, 2.75) is 62.1 Å². The largest absolute Gasteiger partial charge is 0.461 e. The first-order chi connectivity index (χ1) is 16.1. The van der Waals surface area contributed by atoms with Gasteiger partial charge in [-0.1, -0.05) is 6.58 Å². The molecule has 198 valence electrons. The first-order valence-corrected chi connectivity index (χ1v) is 12.1. The van der Waals surface area contributed by atoms with Crippen LogP contribution in [0.25, 0.3) is 0 Å². The van der Waals surface area contributed by atoms with Gasteiger partial charge >= 0.3 is 39.2 Å². The Bertz CT molecular complexity index is 998. The number of hydrogen-bond donors (Lipinski definition) is 1. The number of esters is 3. The highest BCUT2D eigenvalue weighted by molar-refractivity contribution is 7.87. The van der Waals surface area contributed by atoms with E-state index in [-0.39, 0.29) is 31.1 Å². The van der Waals surface area contributed by atoms with E-state index in [1.165, 1.54) is 6.92 Å². The topological polar surface area (TPSA) is 143 Å². The Hall–Kier alpha value is -2.26. The molecule has 1 N–H and O–H groups in total. The molecule has 2 aliphatic carbocycles. The molecule has 3 fully saturated rings. The summed E-state index contributed by atoms with van der Waals surface area (Å²) in [5.41, 5.74) is -0.152. The van der Waals surface area contributed by atoms with Crippen molar-refractivity contribution in [3.63, 3.8) is 0 Å². The molecule has 10 nitrogen and oxygen atoms in total. The van der Waals surface area contributed by atoms with E-state index in [4.69, 9.17) is 23.5 Å². The van der Waals surface area contributed by atoms with Crippen molar-refractivity contribution in [2.75, 3.05) is 13.2 Å². The minimum absolute atomic E-state index is 0.152. The number of halogens is 4. The maximum atomic E-state index is 13.4. The van der Waals surface area contributed by atoms with Crippen molar-refractivity contribution < 1.29 is 63.9 Å². The fraction of sp³-hybridized carbons (Fsp3) is 0.750. The molecule has 35 heavy (non-hydrogen) atoms. The van der Waals surface area contributed by atoms with Crippen LogP contribution in [0.3, 0.4) is 0 Å². The van der Waals surface area contributed by atoms with Crippen LogP contribution in [-0.2, 0) is 43.4 Å². The molecule has 0 radical (unpaired) electrons. The van der Waals surface area contributed by atoms with Gasteiger partial charge in [-0.2, -0.15) is 26.0 Å². The van der Waals surface area contributed by atoms with Gasteiger partial charge in [0.15, 0.2) is 0 Å². The van der Waals surface area contributed by atoms with Crippen LogP contribution in [0.4, 0.5) is 17.6 Å². The van der Waals surface area contributed by atoms with Gasteiger partial charge in [-0.05, 0) is 19.3 Å². The Balaban J connectivity index is 1.42. The summed E-state index contributed by atoms with van der Waals surface area (Å²) in [7, 11) is -6.29. The van der Waals surface area contributed by atoms with E-state index in [2.05, 4.69) is 6.58 Å². The molecule has 6 atom stereocenters. The molecule has 6 unspecified atom stereocenters. The highest BCUT2D eigenvalue weighted by Crippen LogP contribution is 2.56. The summed E-state index contributed by atoms with van der Waals surface area (Å²) in [6.07, 6.45) is -4.08. The second-order valence-electron chi connectivity index (χ2n) is 8.74. The van der Waals surface area contributed by atoms with Gasteiger partial charge in [0, 0.05) is 31.8 Å². The average molecular weight is 532 g/mol. The number of ether oxygens (including phenoxy) is 4. The number of alkyl halides is 4. The zero-order chi connectivity index (χ0) is 26.3. The third kappa shape index (κ3) is 5.16. The summed E-state index contributed by atoms with van der Waals surface area (Å²) in [5.74, 6) is -8.23. The van der Waals surface area contributed by atoms with Gasteiger partial charge in [-0.3, -0.25) is 14.1 Å². The summed E-state index contributed by atoms with van der Waals surface area (Å²) in [6.45, 7) is 4.09. The summed E-state index contributed by atoms with van der Waals surface area (Å²) >= 11 is 0. The van der Waals surface area contributed by atoms with E-state index in [1.807, 2.05) is 0 Å². The molecule has 3 rings (SSSR count). The zero-order valence-corrected chi connectivity index (χ0v) is 19.3. The molecule has 1 saturated heterocycles. The van der Waals surface area contributed by atoms with Gasteiger partial charge in [0.2, 0.25) is 0 Å². The molecule has 2 saturated carbocycles. The fourth-order valence-corrected chi connectivity index (χ4v) is 5.26. The number of carbonyl (C=O) groups excluding carboxylic acids is 3. The van der Waals surface area contributed by atoms with Crippen molar-refractivity contribution in [1.29, 1.82) is 0 Å². The second-order valence-corrected chi connectivity index (χ2v) is 10.2. The summed E-state index contributed by atoms with van der Waals surface area (Å²) in [4.78, 5) is 35.9. The van der Waals surface area contributed by atoms with Gasteiger partial charge in [0.25, 0.3) is 0 Å². The fourth-order valence-electron chi connectivity index (χ4n) is 4.78. The number of carbonyl (C=O) groups is 3. The van der Waals surface area contributed by atoms with Crippen molar-refractivity contribution in [3.8, 4) is 0 Å². The third-order valence-electron chi connectivity index (χ3n) is 6.36. The Morgan fingerprint density at radius 1 is 1.14 bits per heavy atom. The minimum Gasteiger partial charge on any atom is -0.461 e. The molecular weight excluding hydrogens is 508 g/mol. The second kappa shape index (κ2) is 9.65. The van der Waals surface area contributed by atoms with Crippen molar-refractivity contribution >= 4 is 28.0 Å². The van der Waals surface area contributed by atoms with E-state index in [1.54, 1.807) is 0 Å². The quantitative estimate of drug-likeness (QED) is 0.0989. The molecule has 15 heteroatoms. The van der Waals surface area contributed by atoms with Crippen molar-refractivity contribution in [2.24, 2.45) is 17.8 Å². The van der Waals surface area contributed by atoms with Crippen LogP contribution in [0.1, 0.15) is 32.6 Å². The molecule has 2 bridgehead atoms. The van der Waals surface area contributed by atoms with Gasteiger partial charge < -0.3 is 18.9 Å². The highest BCUT2D eigenvalue weighted by atomic mass is 32.2. The lowest BCUT2D eigenvalue weighted by Crippen LogP contribution is -2.46. The standard InChI is InChI=1S/C20H24F4O10S/c1-9(8-31-6-4-3-5-19(21,22)20(23,24)35(28,29)30)17(26)33-16-12-7-11-13(14(12)32-10(2)25)18(27)34-15(11)16/h11-16H,1,3-8H2,2H3,(H,28,29,30). The smallest absolute Gasteiger partial charge is 0.431 e. The summed E-state index contributed by atoms with van der Waals surface area (Å²) in [5, 5.41) is -5.62. The molecule has 0 amide bonds. The lowest BCUT2D eigenvalue weighted by atomic mass is 9.85. The van der Waals surface area contributed by atoms with E-state index < -0.39 is 82.2 Å². The predicted octanol–water partition coefficient (Wildman–Crippen LogP) is 1.88. The average Bonchev–Trinajstić information content (AvgIpc) is 3.33. The van der Waals surface area contributed by atoms with Crippen LogP contribution in [0.5, 0.6) is 0 Å². The van der Waals surface area contributed by atoms with Crippen LogP contribution in [0.15, 0.2) is 12.2 Å². The third-order valence-corrected chi connectivity index (χ3v) is 7.31. The minimum atomic E-state index is -6.29. The van der Waals surface area contributed by atoms with Crippen LogP contribution in [-0.4, -0.2) is 73.6 Å². The predicted molar refractivity (Wildman–Crippen MR) is 106 cm³/mol. The normalized spacial score (nSPS) is 29.7. The summed E-state index contributed by atoms with van der Waals surface area (Å²) < 4.78 is 103. The van der Waals surface area contributed by atoms with Crippen LogP contribution < -0.4 is 0 Å². The zero-order valence-electron chi connectivity index (χ0n) is 18.5. The molecule has 0 aromatic rings. The van der Waals surface area contributed by atoms with Crippen LogP contribution >= 0.6 is 0 Å². The molecule has 0 aromatic carbocycles. The SMILES string of the molecule is C=C(COCCCCC(F)(F)C(F)(F)S(=O)(=O)O)C(=O)OC1C2CC3C1OC(=O)C3C2OC(C)=O. The van der Waals surface area contributed by atoms with Gasteiger partial charge in [0.05, 0.1) is 12.2 Å². The first kappa shape index (κ1) is 27.3. The Kier molecular flexibility index (Phi) is 7.54. The molecule has 1 heterocycles. The maximum absolute atomic E-state index is 13.4. The van der Waals surface area contributed by atoms with Crippen molar-refractivity contribution in [1.82, 2.24) is 0 Å². The number of rotatable bonds is 12. The molecule has 0 aromatic heterocycles. The van der Waals surface area contributed by atoms with Gasteiger partial charge in [0.1, 0.15) is 24.2 Å². The Labute approximate surface area is 197 Å². The lowest BCUT2D eigenvalue weighted by molar-refractivity contribution is -0.165. The lowest BCUT2D eigenvalue weighted by Gasteiger charge is -2.31. The monoisotopic (exact) mass is 532 g/mol. The van der Waals surface area contributed by atoms with Crippen LogP contribution in [0.2, 0.25) is 0 Å².